The van der Waals surface area contributed by atoms with Gasteiger partial charge in [-0.15, -0.1) is 0 Å². The van der Waals surface area contributed by atoms with E-state index < -0.39 is 0 Å². The summed E-state index contributed by atoms with van der Waals surface area (Å²) in [5.41, 5.74) is 0. The fourth-order valence-electron chi connectivity index (χ4n) is 3.22. The smallest absolute Gasteiger partial charge is 0.243 e. The minimum atomic E-state index is -0.240. The van der Waals surface area contributed by atoms with Gasteiger partial charge in [0.1, 0.15) is 6.04 Å². The van der Waals surface area contributed by atoms with E-state index in [4.69, 9.17) is 0 Å². The number of carbonyl (C=O) groups excluding carboxylic acids is 2. The van der Waals surface area contributed by atoms with Crippen LogP contribution in [-0.4, -0.2) is 35.3 Å². The van der Waals surface area contributed by atoms with Gasteiger partial charge in [0.15, 0.2) is 0 Å². The first-order chi connectivity index (χ1) is 8.74. The van der Waals surface area contributed by atoms with Crippen molar-refractivity contribution in [3.63, 3.8) is 0 Å². The van der Waals surface area contributed by atoms with Crippen molar-refractivity contribution in [2.24, 2.45) is 0 Å². The quantitative estimate of drug-likeness (QED) is 0.815. The monoisotopic (exact) mass is 252 g/mol. The second-order valence-corrected chi connectivity index (χ2v) is 5.44. The van der Waals surface area contributed by atoms with Gasteiger partial charge < -0.3 is 10.2 Å². The Balaban J connectivity index is 2.10. The van der Waals surface area contributed by atoms with Gasteiger partial charge in [-0.2, -0.15) is 0 Å². The molecule has 2 fully saturated rings. The first-order valence-corrected chi connectivity index (χ1v) is 7.33. The van der Waals surface area contributed by atoms with Gasteiger partial charge in [0.25, 0.3) is 0 Å². The highest BCUT2D eigenvalue weighted by molar-refractivity contribution is 5.94. The fraction of sp³-hybridized carbons (Fsp3) is 0.857. The largest absolute Gasteiger partial charge is 0.345 e. The SMILES string of the molecule is CCC1C(=O)NCC(=O)N1C1CCCCCCC1. The minimum absolute atomic E-state index is 0.0270. The zero-order chi connectivity index (χ0) is 13.0. The van der Waals surface area contributed by atoms with Crippen molar-refractivity contribution < 1.29 is 9.59 Å². The molecule has 1 N–H and O–H groups in total. The number of hydrogen-bond acceptors (Lipinski definition) is 2. The molecule has 0 aromatic carbocycles. The van der Waals surface area contributed by atoms with Gasteiger partial charge in [-0.1, -0.05) is 39.0 Å². The van der Waals surface area contributed by atoms with E-state index in [0.717, 1.165) is 12.8 Å². The van der Waals surface area contributed by atoms with Crippen LogP contribution in [0.4, 0.5) is 0 Å². The van der Waals surface area contributed by atoms with Gasteiger partial charge in [-0.05, 0) is 19.3 Å². The third-order valence-electron chi connectivity index (χ3n) is 4.20. The molecule has 2 aliphatic rings. The number of nitrogens with one attached hydrogen (secondary N) is 1. The summed E-state index contributed by atoms with van der Waals surface area (Å²) in [5, 5.41) is 2.70. The molecule has 1 unspecified atom stereocenters. The van der Waals surface area contributed by atoms with Gasteiger partial charge in [0, 0.05) is 6.04 Å². The Morgan fingerprint density at radius 2 is 1.72 bits per heavy atom. The second-order valence-electron chi connectivity index (χ2n) is 5.44. The lowest BCUT2D eigenvalue weighted by atomic mass is 9.93. The molecule has 1 heterocycles. The molecule has 0 radical (unpaired) electrons. The van der Waals surface area contributed by atoms with Crippen LogP contribution in [0.25, 0.3) is 0 Å². The average molecular weight is 252 g/mol. The molecule has 0 aromatic heterocycles. The van der Waals surface area contributed by atoms with Gasteiger partial charge in [0.05, 0.1) is 6.54 Å². The standard InChI is InChI=1S/C14H24N2O2/c1-2-12-14(18)15-10-13(17)16(12)11-8-6-4-3-5-7-9-11/h11-12H,2-10H2,1H3,(H,15,18). The van der Waals surface area contributed by atoms with Gasteiger partial charge in [-0.25, -0.2) is 0 Å². The highest BCUT2D eigenvalue weighted by Crippen LogP contribution is 2.25. The topological polar surface area (TPSA) is 49.4 Å². The third kappa shape index (κ3) is 2.85. The number of hydrogen-bond donors (Lipinski definition) is 1. The summed E-state index contributed by atoms with van der Waals surface area (Å²) in [5.74, 6) is 0.131. The van der Waals surface area contributed by atoms with E-state index >= 15 is 0 Å². The van der Waals surface area contributed by atoms with E-state index in [0.29, 0.717) is 6.42 Å². The molecule has 0 aromatic rings. The number of carbonyl (C=O) groups is 2. The summed E-state index contributed by atoms with van der Waals surface area (Å²) in [6.07, 6.45) is 9.07. The Kier molecular flexibility index (Phi) is 4.61. The number of piperazine rings is 1. The maximum atomic E-state index is 12.1. The van der Waals surface area contributed by atoms with Crippen molar-refractivity contribution in [1.82, 2.24) is 10.2 Å². The van der Waals surface area contributed by atoms with Crippen LogP contribution in [0, 0.1) is 0 Å². The summed E-state index contributed by atoms with van der Waals surface area (Å²) in [7, 11) is 0. The van der Waals surface area contributed by atoms with Crippen molar-refractivity contribution in [2.75, 3.05) is 6.54 Å². The first kappa shape index (κ1) is 13.4. The van der Waals surface area contributed by atoms with Crippen molar-refractivity contribution in [1.29, 1.82) is 0 Å². The summed E-state index contributed by atoms with van der Waals surface area (Å²) in [6, 6.07) is 0.0458. The van der Waals surface area contributed by atoms with Crippen molar-refractivity contribution in [3.05, 3.63) is 0 Å². The van der Waals surface area contributed by atoms with Crippen molar-refractivity contribution in [2.45, 2.75) is 70.4 Å². The molecule has 1 aliphatic heterocycles. The van der Waals surface area contributed by atoms with E-state index in [1.165, 1.54) is 32.1 Å². The zero-order valence-electron chi connectivity index (χ0n) is 11.3. The molecule has 1 atom stereocenters. The predicted molar refractivity (Wildman–Crippen MR) is 70.0 cm³/mol. The Bertz CT molecular complexity index is 309. The lowest BCUT2D eigenvalue weighted by molar-refractivity contribution is -0.149. The van der Waals surface area contributed by atoms with E-state index in [1.807, 2.05) is 11.8 Å². The van der Waals surface area contributed by atoms with Gasteiger partial charge >= 0.3 is 0 Å². The van der Waals surface area contributed by atoms with E-state index in [2.05, 4.69) is 5.32 Å². The molecule has 102 valence electrons. The minimum Gasteiger partial charge on any atom is -0.345 e. The summed E-state index contributed by atoms with van der Waals surface area (Å²) in [6.45, 7) is 2.17. The molecular weight excluding hydrogens is 228 g/mol. The average Bonchev–Trinajstić information content (AvgIpc) is 2.32. The maximum absolute atomic E-state index is 12.1. The van der Waals surface area contributed by atoms with Gasteiger partial charge in [-0.3, -0.25) is 9.59 Å². The van der Waals surface area contributed by atoms with Crippen LogP contribution in [0.5, 0.6) is 0 Å². The maximum Gasteiger partial charge on any atom is 0.243 e. The van der Waals surface area contributed by atoms with Crippen LogP contribution in [0.3, 0.4) is 0 Å². The molecule has 2 amide bonds. The second kappa shape index (κ2) is 6.21. The fourth-order valence-corrected chi connectivity index (χ4v) is 3.22. The first-order valence-electron chi connectivity index (χ1n) is 7.33. The molecule has 4 nitrogen and oxygen atoms in total. The van der Waals surface area contributed by atoms with Crippen LogP contribution in [0.2, 0.25) is 0 Å². The predicted octanol–water partition coefficient (Wildman–Crippen LogP) is 1.84. The number of rotatable bonds is 2. The molecular formula is C14H24N2O2. The molecule has 2 rings (SSSR count). The highest BCUT2D eigenvalue weighted by Gasteiger charge is 2.37. The highest BCUT2D eigenvalue weighted by atomic mass is 16.2. The normalized spacial score (nSPS) is 27.6. The van der Waals surface area contributed by atoms with E-state index in [-0.39, 0.29) is 30.4 Å². The Morgan fingerprint density at radius 3 is 2.33 bits per heavy atom. The summed E-state index contributed by atoms with van der Waals surface area (Å²) in [4.78, 5) is 25.9. The summed E-state index contributed by atoms with van der Waals surface area (Å²) >= 11 is 0. The van der Waals surface area contributed by atoms with Crippen LogP contribution in [0.1, 0.15) is 58.3 Å². The molecule has 4 heteroatoms. The molecule has 18 heavy (non-hydrogen) atoms. The van der Waals surface area contributed by atoms with Crippen LogP contribution in [0.15, 0.2) is 0 Å². The third-order valence-corrected chi connectivity index (χ3v) is 4.20. The van der Waals surface area contributed by atoms with Gasteiger partial charge in [0.2, 0.25) is 11.8 Å². The molecule has 1 saturated carbocycles. The zero-order valence-corrected chi connectivity index (χ0v) is 11.3. The molecule has 0 bridgehead atoms. The molecule has 1 aliphatic carbocycles. The molecule has 1 saturated heterocycles. The Morgan fingerprint density at radius 1 is 1.11 bits per heavy atom. The van der Waals surface area contributed by atoms with E-state index in [9.17, 15) is 9.59 Å². The lowest BCUT2D eigenvalue weighted by Gasteiger charge is -2.41. The number of amides is 2. The summed E-state index contributed by atoms with van der Waals surface area (Å²) < 4.78 is 0. The lowest BCUT2D eigenvalue weighted by Crippen LogP contribution is -2.61. The van der Waals surface area contributed by atoms with Crippen LogP contribution in [-0.2, 0) is 9.59 Å². The Labute approximate surface area is 109 Å². The van der Waals surface area contributed by atoms with Crippen LogP contribution < -0.4 is 5.32 Å². The van der Waals surface area contributed by atoms with Crippen molar-refractivity contribution >= 4 is 11.8 Å². The number of nitrogens with zero attached hydrogens (tertiary/aromatic N) is 1. The van der Waals surface area contributed by atoms with Crippen LogP contribution >= 0.6 is 0 Å². The Hall–Kier alpha value is -1.06. The van der Waals surface area contributed by atoms with Crippen molar-refractivity contribution in [3.8, 4) is 0 Å². The molecule has 0 spiro atoms. The van der Waals surface area contributed by atoms with E-state index in [1.54, 1.807) is 0 Å².